The highest BCUT2D eigenvalue weighted by molar-refractivity contribution is 7.88. The van der Waals surface area contributed by atoms with E-state index < -0.39 is 15.6 Å². The van der Waals surface area contributed by atoms with Gasteiger partial charge in [0.05, 0.1) is 29.2 Å². The van der Waals surface area contributed by atoms with Gasteiger partial charge in [-0.25, -0.2) is 23.1 Å². The van der Waals surface area contributed by atoms with Crippen molar-refractivity contribution in [2.45, 2.75) is 37.8 Å². The highest BCUT2D eigenvalue weighted by atomic mass is 32.2. The molecule has 0 atom stereocenters. The molecule has 2 aromatic heterocycles. The summed E-state index contributed by atoms with van der Waals surface area (Å²) in [5, 5.41) is 0.969. The number of nitrogen functional groups attached to an aromatic ring is 1. The van der Waals surface area contributed by atoms with Crippen molar-refractivity contribution in [2.24, 2.45) is 0 Å². The molecular weight excluding hydrogens is 338 g/mol. The molecule has 7 nitrogen and oxygen atoms in total. The maximum Gasteiger partial charge on any atom is 0.209 e. The third-order valence-electron chi connectivity index (χ3n) is 4.92. The van der Waals surface area contributed by atoms with E-state index >= 15 is 0 Å². The Morgan fingerprint density at radius 1 is 1.28 bits per heavy atom. The van der Waals surface area contributed by atoms with E-state index in [1.165, 1.54) is 6.26 Å². The number of hydrogen-bond donors (Lipinski definition) is 2. The fourth-order valence-corrected chi connectivity index (χ4v) is 5.04. The van der Waals surface area contributed by atoms with Gasteiger partial charge in [0, 0.05) is 11.9 Å². The first-order valence-corrected chi connectivity index (χ1v) is 10.2. The van der Waals surface area contributed by atoms with E-state index in [0.29, 0.717) is 17.9 Å². The zero-order valence-electron chi connectivity index (χ0n) is 14.1. The molecule has 3 N–H and O–H groups in total. The number of aromatic nitrogens is 3. The van der Waals surface area contributed by atoms with Crippen LogP contribution in [0.2, 0.25) is 0 Å². The van der Waals surface area contributed by atoms with Crippen molar-refractivity contribution in [2.75, 3.05) is 12.0 Å². The molecule has 2 heterocycles. The number of sulfonamides is 1. The van der Waals surface area contributed by atoms with Gasteiger partial charge in [-0.1, -0.05) is 31.0 Å². The molecule has 132 valence electrons. The molecule has 0 radical (unpaired) electrons. The van der Waals surface area contributed by atoms with Gasteiger partial charge in [-0.05, 0) is 18.9 Å². The number of fused-ring (bicyclic) bond motifs is 3. The number of anilines is 1. The normalized spacial score (nSPS) is 17.5. The van der Waals surface area contributed by atoms with Crippen molar-refractivity contribution in [1.82, 2.24) is 19.3 Å². The Bertz CT molecular complexity index is 1050. The maximum absolute atomic E-state index is 11.9. The fraction of sp³-hybridized carbons (Fsp3) is 0.412. The SMILES string of the molecule is CS(=O)(=O)NC1(Cn2cnc3c(N)nc4ccccc4c32)CCCC1. The molecule has 0 aliphatic heterocycles. The number of nitrogens with zero attached hydrogens (tertiary/aromatic N) is 3. The molecule has 1 aromatic carbocycles. The molecule has 0 saturated heterocycles. The Kier molecular flexibility index (Phi) is 3.69. The van der Waals surface area contributed by atoms with Crippen molar-refractivity contribution >= 4 is 37.8 Å². The molecule has 8 heteroatoms. The first-order valence-electron chi connectivity index (χ1n) is 8.35. The van der Waals surface area contributed by atoms with Crippen LogP contribution in [0.3, 0.4) is 0 Å². The summed E-state index contributed by atoms with van der Waals surface area (Å²) < 4.78 is 28.7. The van der Waals surface area contributed by atoms with E-state index in [9.17, 15) is 8.42 Å². The highest BCUT2D eigenvalue weighted by Crippen LogP contribution is 2.34. The monoisotopic (exact) mass is 359 g/mol. The van der Waals surface area contributed by atoms with E-state index in [2.05, 4.69) is 14.7 Å². The van der Waals surface area contributed by atoms with Gasteiger partial charge < -0.3 is 10.3 Å². The third kappa shape index (κ3) is 2.96. The molecule has 3 aromatic rings. The maximum atomic E-state index is 11.9. The van der Waals surface area contributed by atoms with Crippen LogP contribution in [-0.4, -0.2) is 34.7 Å². The predicted molar refractivity (Wildman–Crippen MR) is 98.6 cm³/mol. The Balaban J connectivity index is 1.86. The minimum Gasteiger partial charge on any atom is -0.382 e. The molecular formula is C17H21N5O2S. The molecule has 4 rings (SSSR count). The second kappa shape index (κ2) is 5.67. The van der Waals surface area contributed by atoms with Gasteiger partial charge in [-0.15, -0.1) is 0 Å². The number of benzene rings is 1. The minimum absolute atomic E-state index is 0.393. The summed E-state index contributed by atoms with van der Waals surface area (Å²) in [7, 11) is -3.29. The number of nitrogens with two attached hydrogens (primary N) is 1. The van der Waals surface area contributed by atoms with Gasteiger partial charge >= 0.3 is 0 Å². The van der Waals surface area contributed by atoms with Crippen molar-refractivity contribution in [3.05, 3.63) is 30.6 Å². The summed E-state index contributed by atoms with van der Waals surface area (Å²) in [6, 6.07) is 7.79. The first kappa shape index (κ1) is 16.3. The van der Waals surface area contributed by atoms with E-state index in [1.807, 2.05) is 28.8 Å². The van der Waals surface area contributed by atoms with E-state index in [0.717, 1.165) is 42.1 Å². The van der Waals surface area contributed by atoms with Crippen LogP contribution in [0, 0.1) is 0 Å². The third-order valence-corrected chi connectivity index (χ3v) is 5.72. The number of imidazole rings is 1. The summed E-state index contributed by atoms with van der Waals surface area (Å²) in [6.07, 6.45) is 6.62. The predicted octanol–water partition coefficient (Wildman–Crippen LogP) is 2.03. The highest BCUT2D eigenvalue weighted by Gasteiger charge is 2.37. The zero-order chi connectivity index (χ0) is 17.7. The number of hydrogen-bond acceptors (Lipinski definition) is 5. The van der Waals surface area contributed by atoms with Crippen molar-refractivity contribution in [3.8, 4) is 0 Å². The van der Waals surface area contributed by atoms with Gasteiger partial charge in [0.1, 0.15) is 5.52 Å². The molecule has 1 saturated carbocycles. The molecule has 1 fully saturated rings. The number of nitrogens with one attached hydrogen (secondary N) is 1. The van der Waals surface area contributed by atoms with Crippen LogP contribution < -0.4 is 10.5 Å². The Morgan fingerprint density at radius 2 is 2.00 bits per heavy atom. The van der Waals surface area contributed by atoms with Crippen molar-refractivity contribution < 1.29 is 8.42 Å². The molecule has 0 bridgehead atoms. The van der Waals surface area contributed by atoms with Gasteiger partial charge in [0.15, 0.2) is 5.82 Å². The quantitative estimate of drug-likeness (QED) is 0.742. The molecule has 0 unspecified atom stereocenters. The van der Waals surface area contributed by atoms with E-state index in [4.69, 9.17) is 5.73 Å². The Morgan fingerprint density at radius 3 is 2.72 bits per heavy atom. The number of pyridine rings is 1. The smallest absolute Gasteiger partial charge is 0.209 e. The minimum atomic E-state index is -3.29. The molecule has 25 heavy (non-hydrogen) atoms. The molecule has 0 spiro atoms. The summed E-state index contributed by atoms with van der Waals surface area (Å²) in [4.78, 5) is 8.85. The number of rotatable bonds is 4. The van der Waals surface area contributed by atoms with Crippen LogP contribution in [0.1, 0.15) is 25.7 Å². The van der Waals surface area contributed by atoms with Crippen molar-refractivity contribution in [1.29, 1.82) is 0 Å². The van der Waals surface area contributed by atoms with E-state index in [-0.39, 0.29) is 0 Å². The molecule has 1 aliphatic rings. The first-order chi connectivity index (χ1) is 11.9. The molecule has 1 aliphatic carbocycles. The summed E-state index contributed by atoms with van der Waals surface area (Å²) in [6.45, 7) is 0.532. The average Bonchev–Trinajstić information content (AvgIpc) is 3.14. The second-order valence-electron chi connectivity index (χ2n) is 6.95. The summed E-state index contributed by atoms with van der Waals surface area (Å²) in [5.41, 5.74) is 7.98. The lowest BCUT2D eigenvalue weighted by Gasteiger charge is -2.30. The fourth-order valence-electron chi connectivity index (χ4n) is 3.99. The van der Waals surface area contributed by atoms with Gasteiger partial charge in [-0.2, -0.15) is 0 Å². The summed E-state index contributed by atoms with van der Waals surface area (Å²) in [5.74, 6) is 0.393. The standard InChI is InChI=1S/C17H21N5O2S/c1-25(23,24)21-17(8-4-5-9-17)10-22-11-19-14-15(22)12-6-2-3-7-13(12)20-16(14)18/h2-3,6-7,11,21H,4-5,8-10H2,1H3,(H2,18,20). The van der Waals surface area contributed by atoms with E-state index in [1.54, 1.807) is 6.33 Å². The van der Waals surface area contributed by atoms with Crippen LogP contribution >= 0.6 is 0 Å². The largest absolute Gasteiger partial charge is 0.382 e. The van der Waals surface area contributed by atoms with Gasteiger partial charge in [-0.3, -0.25) is 0 Å². The van der Waals surface area contributed by atoms with Crippen LogP contribution in [-0.2, 0) is 16.6 Å². The summed E-state index contributed by atoms with van der Waals surface area (Å²) >= 11 is 0. The Labute approximate surface area is 146 Å². The van der Waals surface area contributed by atoms with Gasteiger partial charge in [0.2, 0.25) is 10.0 Å². The van der Waals surface area contributed by atoms with Crippen LogP contribution in [0.5, 0.6) is 0 Å². The lowest BCUT2D eigenvalue weighted by Crippen LogP contribution is -2.48. The number of para-hydroxylation sites is 1. The second-order valence-corrected chi connectivity index (χ2v) is 8.69. The topological polar surface area (TPSA) is 103 Å². The van der Waals surface area contributed by atoms with Crippen LogP contribution in [0.4, 0.5) is 5.82 Å². The van der Waals surface area contributed by atoms with Crippen molar-refractivity contribution in [3.63, 3.8) is 0 Å². The zero-order valence-corrected chi connectivity index (χ0v) is 14.9. The molecule has 0 amide bonds. The lowest BCUT2D eigenvalue weighted by molar-refractivity contribution is 0.340. The van der Waals surface area contributed by atoms with Crippen LogP contribution in [0.15, 0.2) is 30.6 Å². The van der Waals surface area contributed by atoms with Crippen LogP contribution in [0.25, 0.3) is 21.9 Å². The van der Waals surface area contributed by atoms with Gasteiger partial charge in [0.25, 0.3) is 0 Å². The Hall–Kier alpha value is -2.19. The lowest BCUT2D eigenvalue weighted by atomic mass is 9.99. The average molecular weight is 359 g/mol.